The Kier molecular flexibility index (Phi) is 3.98. The topological polar surface area (TPSA) is 26.3 Å². The molecular weight excluding hydrogens is 529 g/mol. The summed E-state index contributed by atoms with van der Waals surface area (Å²) >= 11 is 3.76. The van der Waals surface area contributed by atoms with E-state index in [1.165, 1.54) is 57.0 Å². The summed E-state index contributed by atoms with van der Waals surface area (Å²) in [6.07, 6.45) is 1.76. The van der Waals surface area contributed by atoms with Gasteiger partial charge in [0.25, 0.3) is 0 Å². The maximum Gasteiger partial charge on any atom is 0.143 e. The predicted molar refractivity (Wildman–Crippen MR) is 170 cm³/mol. The lowest BCUT2D eigenvalue weighted by Crippen LogP contribution is -1.94. The lowest BCUT2D eigenvalue weighted by Gasteiger charge is -2.22. The molecule has 0 fully saturated rings. The number of para-hydroxylation sites is 2. The minimum atomic E-state index is 0.914. The highest BCUT2D eigenvalue weighted by Gasteiger charge is 2.25. The highest BCUT2D eigenvalue weighted by Crippen LogP contribution is 2.54. The smallest absolute Gasteiger partial charge is 0.143 e. The molecule has 8 aromatic rings. The van der Waals surface area contributed by atoms with Crippen LogP contribution in [0.15, 0.2) is 118 Å². The molecule has 10 rings (SSSR count). The first-order chi connectivity index (χ1) is 19.8. The maximum absolute atomic E-state index is 6.48. The van der Waals surface area contributed by atoms with Crippen LogP contribution in [0.1, 0.15) is 0 Å². The third-order valence-corrected chi connectivity index (χ3v) is 10.7. The lowest BCUT2D eigenvalue weighted by molar-refractivity contribution is 0.583. The van der Waals surface area contributed by atoms with E-state index in [1.807, 2.05) is 34.8 Å². The van der Waals surface area contributed by atoms with Crippen LogP contribution in [0.2, 0.25) is 0 Å². The molecule has 0 unspecified atom stereocenters. The Morgan fingerprint density at radius 1 is 0.500 bits per heavy atom. The molecule has 0 saturated heterocycles. The van der Waals surface area contributed by atoms with Crippen molar-refractivity contribution in [2.24, 2.45) is 0 Å². The van der Waals surface area contributed by atoms with Gasteiger partial charge in [-0.3, -0.25) is 0 Å². The largest absolute Gasteiger partial charge is 0.464 e. The van der Waals surface area contributed by atoms with Crippen molar-refractivity contribution in [1.29, 1.82) is 0 Å². The summed E-state index contributed by atoms with van der Waals surface area (Å²) in [6.45, 7) is 0. The number of furan rings is 2. The average Bonchev–Trinajstić information content (AvgIpc) is 3.67. The molecule has 2 nitrogen and oxygen atoms in total. The Morgan fingerprint density at radius 3 is 1.93 bits per heavy atom. The van der Waals surface area contributed by atoms with E-state index in [1.54, 1.807) is 6.26 Å². The van der Waals surface area contributed by atoms with Crippen LogP contribution in [0.5, 0.6) is 0 Å². The second-order valence-electron chi connectivity index (χ2n) is 10.4. The molecule has 186 valence electrons. The zero-order chi connectivity index (χ0) is 25.9. The molecule has 4 heterocycles. The summed E-state index contributed by atoms with van der Waals surface area (Å²) in [5.41, 5.74) is 8.12. The summed E-state index contributed by atoms with van der Waals surface area (Å²) in [6, 6.07) is 37.0. The van der Waals surface area contributed by atoms with E-state index in [0.717, 1.165) is 38.8 Å². The van der Waals surface area contributed by atoms with Gasteiger partial charge in [-0.1, -0.05) is 66.7 Å². The molecule has 2 aliphatic heterocycles. The van der Waals surface area contributed by atoms with E-state index < -0.39 is 0 Å². The van der Waals surface area contributed by atoms with Crippen molar-refractivity contribution in [3.05, 3.63) is 109 Å². The average molecular weight is 547 g/mol. The van der Waals surface area contributed by atoms with Gasteiger partial charge in [0.05, 0.1) is 6.26 Å². The van der Waals surface area contributed by atoms with Crippen molar-refractivity contribution in [2.45, 2.75) is 0 Å². The minimum absolute atomic E-state index is 0.914. The third-order valence-electron chi connectivity index (χ3n) is 8.36. The molecule has 0 bridgehead atoms. The van der Waals surface area contributed by atoms with Gasteiger partial charge in [-0.05, 0) is 47.2 Å². The van der Waals surface area contributed by atoms with Gasteiger partial charge in [-0.25, -0.2) is 0 Å². The lowest BCUT2D eigenvalue weighted by atomic mass is 9.90. The van der Waals surface area contributed by atoms with Crippen LogP contribution in [0.25, 0.3) is 95.9 Å². The van der Waals surface area contributed by atoms with Gasteiger partial charge >= 0.3 is 0 Å². The first kappa shape index (κ1) is 21.2. The van der Waals surface area contributed by atoms with Crippen molar-refractivity contribution < 1.29 is 8.83 Å². The third kappa shape index (κ3) is 2.63. The van der Waals surface area contributed by atoms with Crippen molar-refractivity contribution >= 4 is 85.0 Å². The van der Waals surface area contributed by atoms with E-state index in [9.17, 15) is 0 Å². The summed E-state index contributed by atoms with van der Waals surface area (Å²) in [7, 11) is 0. The highest BCUT2D eigenvalue weighted by molar-refractivity contribution is 7.27. The molecule has 40 heavy (non-hydrogen) atoms. The van der Waals surface area contributed by atoms with E-state index in [2.05, 4.69) is 91.0 Å². The zero-order valence-corrected chi connectivity index (χ0v) is 22.7. The predicted octanol–water partition coefficient (Wildman–Crippen LogP) is 11.8. The summed E-state index contributed by atoms with van der Waals surface area (Å²) < 4.78 is 17.5. The fraction of sp³-hybridized carbons (Fsp3) is 0. The van der Waals surface area contributed by atoms with Crippen LogP contribution in [-0.4, -0.2) is 0 Å². The van der Waals surface area contributed by atoms with Gasteiger partial charge in [0.1, 0.15) is 16.9 Å². The van der Waals surface area contributed by atoms with E-state index in [0.29, 0.717) is 0 Å². The van der Waals surface area contributed by atoms with Gasteiger partial charge in [-0.15, -0.1) is 22.7 Å². The number of hydrogen-bond donors (Lipinski definition) is 0. The van der Waals surface area contributed by atoms with E-state index >= 15 is 0 Å². The Hall–Kier alpha value is -4.64. The number of fused-ring (bicyclic) bond motifs is 3. The number of hydrogen-bond acceptors (Lipinski definition) is 4. The van der Waals surface area contributed by atoms with Gasteiger partial charge in [0, 0.05) is 68.2 Å². The molecule has 0 saturated carbocycles. The van der Waals surface area contributed by atoms with E-state index in [-0.39, 0.29) is 0 Å². The van der Waals surface area contributed by atoms with Crippen LogP contribution in [0.3, 0.4) is 0 Å². The SMILES string of the molecule is c1coc(-c2ccc3ccc4sc5c(-c6cccc7c6oc6ccccc67)ccc6ccc7sc2c3c4-c7c65)c1. The van der Waals surface area contributed by atoms with Crippen molar-refractivity contribution in [1.82, 2.24) is 0 Å². The standard InChI is InChI=1S/C36H18O2S2/c1-2-8-27-21(5-1)22-6-3-7-23(34(22)38-27)24-14-10-19-12-17-29-32-30(19)35(24)39-28-16-13-20-11-15-25(26-9-4-18-37-26)36(40-29)31(20)33(28)32/h1-18H. The Balaban J connectivity index is 1.38. The second-order valence-corrected chi connectivity index (χ2v) is 12.5. The zero-order valence-electron chi connectivity index (χ0n) is 21.0. The fourth-order valence-corrected chi connectivity index (χ4v) is 9.16. The van der Waals surface area contributed by atoms with Crippen LogP contribution < -0.4 is 0 Å². The molecule has 0 atom stereocenters. The monoisotopic (exact) mass is 546 g/mol. The van der Waals surface area contributed by atoms with Gasteiger partial charge in [0.15, 0.2) is 0 Å². The molecular formula is C36H18O2S2. The molecule has 0 spiro atoms. The fourth-order valence-electron chi connectivity index (χ4n) is 6.63. The maximum atomic E-state index is 6.48. The van der Waals surface area contributed by atoms with Gasteiger partial charge < -0.3 is 8.83 Å². The first-order valence-corrected chi connectivity index (χ1v) is 15.0. The molecule has 0 N–H and O–H groups in total. The van der Waals surface area contributed by atoms with Crippen molar-refractivity contribution in [2.75, 3.05) is 0 Å². The normalized spacial score (nSPS) is 12.5. The highest BCUT2D eigenvalue weighted by atomic mass is 32.1. The molecule has 0 aliphatic carbocycles. The number of benzene rings is 6. The van der Waals surface area contributed by atoms with Crippen molar-refractivity contribution in [3.63, 3.8) is 0 Å². The quantitative estimate of drug-likeness (QED) is 0.159. The van der Waals surface area contributed by atoms with Gasteiger partial charge in [0.2, 0.25) is 0 Å². The second kappa shape index (κ2) is 7.51. The summed E-state index contributed by atoms with van der Waals surface area (Å²) in [4.78, 5) is 0. The van der Waals surface area contributed by atoms with Gasteiger partial charge in [-0.2, -0.15) is 0 Å². The summed E-state index contributed by atoms with van der Waals surface area (Å²) in [5, 5.41) is 7.54. The molecule has 2 aliphatic rings. The van der Waals surface area contributed by atoms with Crippen LogP contribution in [0.4, 0.5) is 0 Å². The van der Waals surface area contributed by atoms with Crippen LogP contribution in [0, 0.1) is 0 Å². The number of rotatable bonds is 2. The Bertz CT molecular complexity index is 2540. The molecule has 2 aromatic heterocycles. The Labute approximate surface area is 236 Å². The Morgan fingerprint density at radius 2 is 1.18 bits per heavy atom. The van der Waals surface area contributed by atoms with Crippen LogP contribution >= 0.6 is 22.7 Å². The molecule has 6 aromatic carbocycles. The summed E-state index contributed by atoms with van der Waals surface area (Å²) in [5.74, 6) is 0.914. The van der Waals surface area contributed by atoms with Crippen LogP contribution in [-0.2, 0) is 0 Å². The molecule has 0 amide bonds. The van der Waals surface area contributed by atoms with E-state index in [4.69, 9.17) is 8.83 Å². The molecule has 0 radical (unpaired) electrons. The molecule has 4 heteroatoms. The first-order valence-electron chi connectivity index (χ1n) is 13.3. The van der Waals surface area contributed by atoms with Crippen molar-refractivity contribution in [3.8, 4) is 33.6 Å². The minimum Gasteiger partial charge on any atom is -0.464 e.